The molecule has 0 spiro atoms. The van der Waals surface area contributed by atoms with Gasteiger partial charge in [-0.1, -0.05) is 32.0 Å². The summed E-state index contributed by atoms with van der Waals surface area (Å²) in [6.45, 7) is 5.81. The van der Waals surface area contributed by atoms with Crippen molar-refractivity contribution in [2.24, 2.45) is 0 Å². The highest BCUT2D eigenvalue weighted by Gasteiger charge is 2.03. The van der Waals surface area contributed by atoms with Crippen molar-refractivity contribution in [3.63, 3.8) is 0 Å². The largest absolute Gasteiger partial charge is 0.493 e. The van der Waals surface area contributed by atoms with E-state index in [2.05, 4.69) is 30.2 Å². The molecule has 0 unspecified atom stereocenters. The Kier molecular flexibility index (Phi) is 5.56. The van der Waals surface area contributed by atoms with Gasteiger partial charge in [0.25, 0.3) is 0 Å². The summed E-state index contributed by atoms with van der Waals surface area (Å²) < 4.78 is 5.91. The smallest absolute Gasteiger partial charge is 0.123 e. The van der Waals surface area contributed by atoms with Crippen molar-refractivity contribution in [2.75, 3.05) is 6.61 Å². The Morgan fingerprint density at radius 1 is 1.10 bits per heavy atom. The lowest BCUT2D eigenvalue weighted by Crippen LogP contribution is -2.22. The third-order valence-corrected chi connectivity index (χ3v) is 3.07. The lowest BCUT2D eigenvalue weighted by atomic mass is 10.2. The van der Waals surface area contributed by atoms with Crippen molar-refractivity contribution in [1.29, 1.82) is 0 Å². The second kappa shape index (κ2) is 7.65. The van der Waals surface area contributed by atoms with Gasteiger partial charge in [0.1, 0.15) is 5.75 Å². The molecule has 0 atom stereocenters. The van der Waals surface area contributed by atoms with Crippen molar-refractivity contribution in [3.8, 4) is 5.75 Å². The Balaban J connectivity index is 1.89. The molecule has 1 N–H and O–H groups in total. The maximum atomic E-state index is 5.91. The third kappa shape index (κ3) is 4.67. The maximum Gasteiger partial charge on any atom is 0.123 e. The molecule has 20 heavy (non-hydrogen) atoms. The molecule has 2 rings (SSSR count). The Morgan fingerprint density at radius 3 is 2.60 bits per heavy atom. The first-order valence-electron chi connectivity index (χ1n) is 7.08. The fourth-order valence-electron chi connectivity index (χ4n) is 1.93. The Morgan fingerprint density at radius 2 is 1.85 bits per heavy atom. The van der Waals surface area contributed by atoms with Crippen LogP contribution in [0.1, 0.15) is 25.0 Å². The quantitative estimate of drug-likeness (QED) is 0.839. The van der Waals surface area contributed by atoms with Crippen LogP contribution in [0, 0.1) is 0 Å². The molecule has 0 bridgehead atoms. The minimum atomic E-state index is 0.472. The van der Waals surface area contributed by atoms with Gasteiger partial charge in [-0.05, 0) is 23.8 Å². The van der Waals surface area contributed by atoms with E-state index >= 15 is 0 Å². The molecule has 3 nitrogen and oxygen atoms in total. The predicted octanol–water partition coefficient (Wildman–Crippen LogP) is 3.20. The summed E-state index contributed by atoms with van der Waals surface area (Å²) in [5.74, 6) is 0.967. The van der Waals surface area contributed by atoms with E-state index in [1.807, 2.05) is 42.7 Å². The van der Waals surface area contributed by atoms with Crippen LogP contribution in [-0.4, -0.2) is 17.6 Å². The van der Waals surface area contributed by atoms with Crippen molar-refractivity contribution in [1.82, 2.24) is 10.3 Å². The van der Waals surface area contributed by atoms with Gasteiger partial charge >= 0.3 is 0 Å². The molecule has 0 aliphatic rings. The van der Waals surface area contributed by atoms with Crippen molar-refractivity contribution in [2.45, 2.75) is 32.9 Å². The molecule has 3 heteroatoms. The second-order valence-corrected chi connectivity index (χ2v) is 5.10. The molecule has 106 valence electrons. The van der Waals surface area contributed by atoms with E-state index in [-0.39, 0.29) is 0 Å². The van der Waals surface area contributed by atoms with Gasteiger partial charge in [-0.15, -0.1) is 0 Å². The van der Waals surface area contributed by atoms with Gasteiger partial charge < -0.3 is 10.1 Å². The highest BCUT2D eigenvalue weighted by atomic mass is 16.5. The fourth-order valence-corrected chi connectivity index (χ4v) is 1.93. The van der Waals surface area contributed by atoms with Crippen LogP contribution in [0.15, 0.2) is 48.8 Å². The van der Waals surface area contributed by atoms with Crippen molar-refractivity contribution < 1.29 is 4.74 Å². The summed E-state index contributed by atoms with van der Waals surface area (Å²) >= 11 is 0. The normalized spacial score (nSPS) is 10.8. The van der Waals surface area contributed by atoms with E-state index in [4.69, 9.17) is 4.74 Å². The first kappa shape index (κ1) is 14.5. The minimum absolute atomic E-state index is 0.472. The summed E-state index contributed by atoms with van der Waals surface area (Å²) in [7, 11) is 0. The molecular formula is C17H22N2O. The predicted molar refractivity (Wildman–Crippen MR) is 81.9 cm³/mol. The first-order valence-corrected chi connectivity index (χ1v) is 7.08. The molecule has 0 saturated carbocycles. The molecule has 1 aromatic carbocycles. The Hall–Kier alpha value is -1.87. The minimum Gasteiger partial charge on any atom is -0.493 e. The number of nitrogens with one attached hydrogen (secondary N) is 1. The zero-order valence-corrected chi connectivity index (χ0v) is 12.2. The molecule has 1 aromatic heterocycles. The van der Waals surface area contributed by atoms with Crippen LogP contribution in [0.3, 0.4) is 0 Å². The number of nitrogens with zero attached hydrogens (tertiary/aromatic N) is 1. The van der Waals surface area contributed by atoms with Crippen LogP contribution in [0.4, 0.5) is 0 Å². The number of aromatic nitrogens is 1. The molecule has 0 aliphatic carbocycles. The highest BCUT2D eigenvalue weighted by molar-refractivity contribution is 5.33. The number of pyridine rings is 1. The van der Waals surface area contributed by atoms with Crippen LogP contribution in [0.25, 0.3) is 0 Å². The molecule has 0 aliphatic heterocycles. The molecular weight excluding hydrogens is 248 g/mol. The van der Waals surface area contributed by atoms with Crippen LogP contribution >= 0.6 is 0 Å². The summed E-state index contributed by atoms with van der Waals surface area (Å²) in [5.41, 5.74) is 2.45. The van der Waals surface area contributed by atoms with E-state index in [9.17, 15) is 0 Å². The highest BCUT2D eigenvalue weighted by Crippen LogP contribution is 2.18. The molecule has 0 amide bonds. The number of hydrogen-bond acceptors (Lipinski definition) is 3. The number of benzene rings is 1. The first-order chi connectivity index (χ1) is 9.75. The van der Waals surface area contributed by atoms with Gasteiger partial charge in [0.15, 0.2) is 0 Å². The van der Waals surface area contributed by atoms with Gasteiger partial charge in [-0.25, -0.2) is 0 Å². The van der Waals surface area contributed by atoms with E-state index in [1.165, 1.54) is 11.1 Å². The van der Waals surface area contributed by atoms with Crippen LogP contribution in [0.5, 0.6) is 5.75 Å². The van der Waals surface area contributed by atoms with Gasteiger partial charge in [0.2, 0.25) is 0 Å². The standard InChI is InChI=1S/C17H22N2O/c1-14(2)19-13-16-5-3-4-6-17(16)20-12-9-15-7-10-18-11-8-15/h3-8,10-11,14,19H,9,12-13H2,1-2H3. The van der Waals surface area contributed by atoms with E-state index in [0.29, 0.717) is 12.6 Å². The van der Waals surface area contributed by atoms with Gasteiger partial charge in [0.05, 0.1) is 6.61 Å². The number of para-hydroxylation sites is 1. The third-order valence-electron chi connectivity index (χ3n) is 3.07. The molecule has 2 aromatic rings. The number of hydrogen-bond donors (Lipinski definition) is 1. The average Bonchev–Trinajstić information content (AvgIpc) is 2.47. The topological polar surface area (TPSA) is 34.1 Å². The molecule has 0 saturated heterocycles. The van der Waals surface area contributed by atoms with E-state index < -0.39 is 0 Å². The summed E-state index contributed by atoms with van der Waals surface area (Å²) in [4.78, 5) is 4.02. The van der Waals surface area contributed by atoms with Crippen LogP contribution < -0.4 is 10.1 Å². The zero-order chi connectivity index (χ0) is 14.2. The molecule has 1 heterocycles. The van der Waals surface area contributed by atoms with Gasteiger partial charge in [-0.2, -0.15) is 0 Å². The van der Waals surface area contributed by atoms with Gasteiger partial charge in [-0.3, -0.25) is 4.98 Å². The van der Waals surface area contributed by atoms with Crippen LogP contribution in [0.2, 0.25) is 0 Å². The lowest BCUT2D eigenvalue weighted by Gasteiger charge is -2.13. The maximum absolute atomic E-state index is 5.91. The van der Waals surface area contributed by atoms with E-state index in [0.717, 1.165) is 18.7 Å². The second-order valence-electron chi connectivity index (χ2n) is 5.10. The Labute approximate surface area is 121 Å². The summed E-state index contributed by atoms with van der Waals surface area (Å²) in [6.07, 6.45) is 4.53. The van der Waals surface area contributed by atoms with Crippen molar-refractivity contribution >= 4 is 0 Å². The van der Waals surface area contributed by atoms with Gasteiger partial charge in [0, 0.05) is 37.0 Å². The average molecular weight is 270 g/mol. The van der Waals surface area contributed by atoms with E-state index in [1.54, 1.807) is 0 Å². The molecule has 0 radical (unpaired) electrons. The number of ether oxygens (including phenoxy) is 1. The Bertz CT molecular complexity index is 511. The number of rotatable bonds is 7. The lowest BCUT2D eigenvalue weighted by molar-refractivity contribution is 0.317. The summed E-state index contributed by atoms with van der Waals surface area (Å²) in [6, 6.07) is 12.7. The van der Waals surface area contributed by atoms with Crippen LogP contribution in [-0.2, 0) is 13.0 Å². The SMILES string of the molecule is CC(C)NCc1ccccc1OCCc1ccncc1. The fraction of sp³-hybridized carbons (Fsp3) is 0.353. The summed E-state index contributed by atoms with van der Waals surface area (Å²) in [5, 5.41) is 3.42. The molecule has 0 fully saturated rings. The van der Waals surface area contributed by atoms with Crippen molar-refractivity contribution in [3.05, 3.63) is 59.9 Å². The monoisotopic (exact) mass is 270 g/mol. The zero-order valence-electron chi connectivity index (χ0n) is 12.2.